The molecule has 1 saturated carbocycles. The van der Waals surface area contributed by atoms with E-state index in [1.165, 1.54) is 0 Å². The SMILES string of the molecule is Cc1cc(C)cc(C(=O)c2cccc(OC3CC3)c2)c1. The Kier molecular flexibility index (Phi) is 3.31. The molecule has 0 bridgehead atoms. The normalized spacial score (nSPS) is 14.1. The summed E-state index contributed by atoms with van der Waals surface area (Å²) in [4.78, 5) is 12.5. The van der Waals surface area contributed by atoms with Crippen molar-refractivity contribution in [2.45, 2.75) is 32.8 Å². The Labute approximate surface area is 119 Å². The third kappa shape index (κ3) is 2.90. The molecule has 0 aliphatic heterocycles. The molecule has 1 aliphatic rings. The van der Waals surface area contributed by atoms with Crippen molar-refractivity contribution in [1.82, 2.24) is 0 Å². The fourth-order valence-electron chi connectivity index (χ4n) is 2.36. The highest BCUT2D eigenvalue weighted by Crippen LogP contribution is 2.27. The molecule has 1 aliphatic carbocycles. The van der Waals surface area contributed by atoms with Gasteiger partial charge >= 0.3 is 0 Å². The van der Waals surface area contributed by atoms with Crippen LogP contribution >= 0.6 is 0 Å². The molecule has 102 valence electrons. The predicted octanol–water partition coefficient (Wildman–Crippen LogP) is 4.08. The van der Waals surface area contributed by atoms with Crippen molar-refractivity contribution < 1.29 is 9.53 Å². The fourth-order valence-corrected chi connectivity index (χ4v) is 2.36. The first-order chi connectivity index (χ1) is 9.61. The lowest BCUT2D eigenvalue weighted by molar-refractivity contribution is 0.103. The van der Waals surface area contributed by atoms with Crippen LogP contribution in [0.2, 0.25) is 0 Å². The second-order valence-electron chi connectivity index (χ2n) is 5.55. The highest BCUT2D eigenvalue weighted by molar-refractivity contribution is 6.09. The maximum atomic E-state index is 12.5. The average Bonchev–Trinajstić information content (AvgIpc) is 3.21. The van der Waals surface area contributed by atoms with E-state index in [1.807, 2.05) is 50.2 Å². The number of aryl methyl sites for hydroxylation is 2. The molecule has 0 unspecified atom stereocenters. The molecular weight excluding hydrogens is 248 g/mol. The van der Waals surface area contributed by atoms with Gasteiger partial charge in [0, 0.05) is 11.1 Å². The molecule has 20 heavy (non-hydrogen) atoms. The second kappa shape index (κ2) is 5.12. The summed E-state index contributed by atoms with van der Waals surface area (Å²) in [6, 6.07) is 13.4. The number of carbonyl (C=O) groups is 1. The van der Waals surface area contributed by atoms with E-state index >= 15 is 0 Å². The van der Waals surface area contributed by atoms with Crippen molar-refractivity contribution >= 4 is 5.78 Å². The van der Waals surface area contributed by atoms with E-state index in [9.17, 15) is 4.79 Å². The summed E-state index contributed by atoms with van der Waals surface area (Å²) in [7, 11) is 0. The van der Waals surface area contributed by atoms with E-state index in [0.29, 0.717) is 11.7 Å². The summed E-state index contributed by atoms with van der Waals surface area (Å²) in [5, 5.41) is 0. The van der Waals surface area contributed by atoms with Gasteiger partial charge in [-0.05, 0) is 51.0 Å². The van der Waals surface area contributed by atoms with Crippen molar-refractivity contribution in [2.75, 3.05) is 0 Å². The molecule has 0 amide bonds. The molecule has 0 heterocycles. The van der Waals surface area contributed by atoms with Crippen LogP contribution in [0.4, 0.5) is 0 Å². The first kappa shape index (κ1) is 12.9. The minimum atomic E-state index is 0.0537. The number of hydrogen-bond acceptors (Lipinski definition) is 2. The quantitative estimate of drug-likeness (QED) is 0.780. The standard InChI is InChI=1S/C18H18O2/c1-12-8-13(2)10-15(9-12)18(19)14-4-3-5-17(11-14)20-16-6-7-16/h3-5,8-11,16H,6-7H2,1-2H3. The summed E-state index contributed by atoms with van der Waals surface area (Å²) < 4.78 is 5.75. The van der Waals surface area contributed by atoms with Crippen LogP contribution in [0, 0.1) is 13.8 Å². The molecule has 0 spiro atoms. The van der Waals surface area contributed by atoms with Crippen molar-refractivity contribution in [2.24, 2.45) is 0 Å². The van der Waals surface area contributed by atoms with E-state index < -0.39 is 0 Å². The van der Waals surface area contributed by atoms with Crippen LogP contribution in [-0.4, -0.2) is 11.9 Å². The van der Waals surface area contributed by atoms with Crippen LogP contribution in [0.15, 0.2) is 42.5 Å². The van der Waals surface area contributed by atoms with E-state index in [1.54, 1.807) is 0 Å². The van der Waals surface area contributed by atoms with Crippen LogP contribution in [0.25, 0.3) is 0 Å². The average molecular weight is 266 g/mol. The lowest BCUT2D eigenvalue weighted by atomic mass is 9.99. The van der Waals surface area contributed by atoms with Gasteiger partial charge in [-0.25, -0.2) is 0 Å². The Morgan fingerprint density at radius 2 is 1.70 bits per heavy atom. The van der Waals surface area contributed by atoms with Gasteiger partial charge in [-0.3, -0.25) is 4.79 Å². The van der Waals surface area contributed by atoms with Gasteiger partial charge in [0.25, 0.3) is 0 Å². The number of rotatable bonds is 4. The Bertz CT molecular complexity index is 634. The van der Waals surface area contributed by atoms with Crippen LogP contribution in [-0.2, 0) is 0 Å². The number of hydrogen-bond donors (Lipinski definition) is 0. The minimum Gasteiger partial charge on any atom is -0.490 e. The zero-order chi connectivity index (χ0) is 14.1. The van der Waals surface area contributed by atoms with Crippen LogP contribution in [0.5, 0.6) is 5.75 Å². The van der Waals surface area contributed by atoms with Crippen molar-refractivity contribution in [3.05, 3.63) is 64.7 Å². The molecule has 0 radical (unpaired) electrons. The Morgan fingerprint density at radius 1 is 1.00 bits per heavy atom. The molecule has 0 atom stereocenters. The first-order valence-electron chi connectivity index (χ1n) is 7.01. The Balaban J connectivity index is 1.88. The monoisotopic (exact) mass is 266 g/mol. The molecule has 2 heteroatoms. The lowest BCUT2D eigenvalue weighted by Crippen LogP contribution is -2.03. The van der Waals surface area contributed by atoms with Gasteiger partial charge in [0.2, 0.25) is 0 Å². The van der Waals surface area contributed by atoms with Gasteiger partial charge in [-0.2, -0.15) is 0 Å². The molecule has 0 saturated heterocycles. The largest absolute Gasteiger partial charge is 0.490 e. The Hall–Kier alpha value is -2.09. The van der Waals surface area contributed by atoms with Gasteiger partial charge in [-0.15, -0.1) is 0 Å². The highest BCUT2D eigenvalue weighted by atomic mass is 16.5. The van der Waals surface area contributed by atoms with Gasteiger partial charge in [0.15, 0.2) is 5.78 Å². The van der Waals surface area contributed by atoms with E-state index in [4.69, 9.17) is 4.74 Å². The van der Waals surface area contributed by atoms with E-state index in [-0.39, 0.29) is 5.78 Å². The summed E-state index contributed by atoms with van der Waals surface area (Å²) in [6.07, 6.45) is 2.59. The third-order valence-corrected chi connectivity index (χ3v) is 3.41. The number of ketones is 1. The molecule has 2 nitrogen and oxygen atoms in total. The maximum absolute atomic E-state index is 12.5. The molecular formula is C18H18O2. The fraction of sp³-hybridized carbons (Fsp3) is 0.278. The van der Waals surface area contributed by atoms with Crippen molar-refractivity contribution in [3.63, 3.8) is 0 Å². The maximum Gasteiger partial charge on any atom is 0.193 e. The molecule has 0 N–H and O–H groups in total. The van der Waals surface area contributed by atoms with E-state index in [2.05, 4.69) is 6.07 Å². The van der Waals surface area contributed by atoms with Gasteiger partial charge in [0.05, 0.1) is 6.10 Å². The summed E-state index contributed by atoms with van der Waals surface area (Å²) in [5.41, 5.74) is 3.65. The zero-order valence-electron chi connectivity index (χ0n) is 11.8. The van der Waals surface area contributed by atoms with Gasteiger partial charge in [0.1, 0.15) is 5.75 Å². The molecule has 3 rings (SSSR count). The zero-order valence-corrected chi connectivity index (χ0v) is 11.8. The van der Waals surface area contributed by atoms with Crippen LogP contribution in [0.3, 0.4) is 0 Å². The predicted molar refractivity (Wildman–Crippen MR) is 79.4 cm³/mol. The summed E-state index contributed by atoms with van der Waals surface area (Å²) in [5.74, 6) is 0.848. The number of ether oxygens (including phenoxy) is 1. The molecule has 2 aromatic carbocycles. The third-order valence-electron chi connectivity index (χ3n) is 3.41. The highest BCUT2D eigenvalue weighted by Gasteiger charge is 2.23. The van der Waals surface area contributed by atoms with Gasteiger partial charge < -0.3 is 4.74 Å². The molecule has 1 fully saturated rings. The summed E-state index contributed by atoms with van der Waals surface area (Å²) >= 11 is 0. The van der Waals surface area contributed by atoms with Crippen molar-refractivity contribution in [1.29, 1.82) is 0 Å². The first-order valence-corrected chi connectivity index (χ1v) is 7.01. The lowest BCUT2D eigenvalue weighted by Gasteiger charge is -2.07. The Morgan fingerprint density at radius 3 is 2.35 bits per heavy atom. The smallest absolute Gasteiger partial charge is 0.193 e. The number of benzene rings is 2. The molecule has 0 aromatic heterocycles. The van der Waals surface area contributed by atoms with Gasteiger partial charge in [-0.1, -0.05) is 29.3 Å². The summed E-state index contributed by atoms with van der Waals surface area (Å²) in [6.45, 7) is 4.02. The number of carbonyl (C=O) groups excluding carboxylic acids is 1. The van der Waals surface area contributed by atoms with Crippen LogP contribution < -0.4 is 4.74 Å². The van der Waals surface area contributed by atoms with E-state index in [0.717, 1.165) is 35.3 Å². The second-order valence-corrected chi connectivity index (χ2v) is 5.55. The van der Waals surface area contributed by atoms with Crippen LogP contribution in [0.1, 0.15) is 39.9 Å². The minimum absolute atomic E-state index is 0.0537. The molecule has 2 aromatic rings. The van der Waals surface area contributed by atoms with Crippen molar-refractivity contribution in [3.8, 4) is 5.75 Å². The topological polar surface area (TPSA) is 26.3 Å².